The summed E-state index contributed by atoms with van der Waals surface area (Å²) in [5.74, 6) is 0. The van der Waals surface area contributed by atoms with Crippen LogP contribution in [0.15, 0.2) is 23.1 Å². The highest BCUT2D eigenvalue weighted by atomic mass is 32.2. The van der Waals surface area contributed by atoms with E-state index in [9.17, 15) is 8.42 Å². The molecule has 2 atom stereocenters. The summed E-state index contributed by atoms with van der Waals surface area (Å²) in [4.78, 5) is 0.396. The lowest BCUT2D eigenvalue weighted by molar-refractivity contribution is -0.0486. The summed E-state index contributed by atoms with van der Waals surface area (Å²) in [6.45, 7) is 2.93. The average molecular weight is 310 g/mol. The molecular weight excluding hydrogens is 288 g/mol. The van der Waals surface area contributed by atoms with Gasteiger partial charge in [-0.1, -0.05) is 6.07 Å². The fourth-order valence-electron chi connectivity index (χ4n) is 3.19. The lowest BCUT2D eigenvalue weighted by Crippen LogP contribution is -2.51. The van der Waals surface area contributed by atoms with Crippen LogP contribution in [0.3, 0.4) is 0 Å². The maximum atomic E-state index is 12.8. The summed E-state index contributed by atoms with van der Waals surface area (Å²) in [5.41, 5.74) is 8.09. The van der Waals surface area contributed by atoms with Gasteiger partial charge in [-0.25, -0.2) is 8.42 Å². The zero-order chi connectivity index (χ0) is 15.0. The summed E-state index contributed by atoms with van der Waals surface area (Å²) < 4.78 is 32.8. The number of aryl methyl sites for hydroxylation is 2. The second kappa shape index (κ2) is 5.68. The highest BCUT2D eigenvalue weighted by molar-refractivity contribution is 7.89. The molecule has 3 rings (SSSR count). The molecule has 0 spiro atoms. The first kappa shape index (κ1) is 15.0. The van der Waals surface area contributed by atoms with Crippen LogP contribution in [-0.4, -0.2) is 44.6 Å². The van der Waals surface area contributed by atoms with Gasteiger partial charge in [0.2, 0.25) is 10.0 Å². The molecule has 1 saturated heterocycles. The van der Waals surface area contributed by atoms with Crippen LogP contribution in [0.2, 0.25) is 0 Å². The van der Waals surface area contributed by atoms with Crippen LogP contribution in [-0.2, 0) is 27.6 Å². The van der Waals surface area contributed by atoms with E-state index in [1.54, 1.807) is 6.07 Å². The minimum Gasteiger partial charge on any atom is -0.371 e. The zero-order valence-electron chi connectivity index (χ0n) is 12.3. The van der Waals surface area contributed by atoms with E-state index in [4.69, 9.17) is 10.5 Å². The number of sulfonamides is 1. The highest BCUT2D eigenvalue weighted by Crippen LogP contribution is 2.27. The van der Waals surface area contributed by atoms with Crippen LogP contribution in [0.5, 0.6) is 0 Å². The Hall–Kier alpha value is -0.950. The van der Waals surface area contributed by atoms with Crippen molar-refractivity contribution in [3.8, 4) is 0 Å². The van der Waals surface area contributed by atoms with Crippen molar-refractivity contribution in [3.05, 3.63) is 29.3 Å². The van der Waals surface area contributed by atoms with Crippen LogP contribution < -0.4 is 5.73 Å². The molecular formula is C15H22N2O3S. The van der Waals surface area contributed by atoms with Crippen molar-refractivity contribution in [2.45, 2.75) is 43.3 Å². The number of nitrogens with two attached hydrogens (primary N) is 1. The number of hydrogen-bond donors (Lipinski definition) is 1. The molecule has 2 unspecified atom stereocenters. The molecule has 0 bridgehead atoms. The predicted octanol–water partition coefficient (Wildman–Crippen LogP) is 0.912. The third kappa shape index (κ3) is 2.85. The molecule has 1 aliphatic carbocycles. The number of ether oxygens (including phenoxy) is 1. The van der Waals surface area contributed by atoms with Gasteiger partial charge in [-0.05, 0) is 49.4 Å². The Kier molecular flexibility index (Phi) is 4.05. The fourth-order valence-corrected chi connectivity index (χ4v) is 4.79. The SMILES string of the molecule is CC1CN(S(=O)(=O)c2ccc3c(c2)CCC3)CC(CN)O1. The lowest BCUT2D eigenvalue weighted by atomic mass is 10.1. The van der Waals surface area contributed by atoms with Gasteiger partial charge < -0.3 is 10.5 Å². The number of rotatable bonds is 3. The third-order valence-corrected chi connectivity index (χ3v) is 6.09. The Morgan fingerprint density at radius 2 is 2.05 bits per heavy atom. The van der Waals surface area contributed by atoms with Gasteiger partial charge in [0, 0.05) is 19.6 Å². The Balaban J connectivity index is 1.89. The van der Waals surface area contributed by atoms with E-state index in [0.717, 1.165) is 19.3 Å². The first-order valence-electron chi connectivity index (χ1n) is 7.48. The number of morpholine rings is 1. The monoisotopic (exact) mass is 310 g/mol. The second-order valence-electron chi connectivity index (χ2n) is 5.91. The number of nitrogens with zero attached hydrogens (tertiary/aromatic N) is 1. The molecule has 0 aromatic heterocycles. The summed E-state index contributed by atoms with van der Waals surface area (Å²) in [5, 5.41) is 0. The number of benzene rings is 1. The Morgan fingerprint density at radius 1 is 1.29 bits per heavy atom. The summed E-state index contributed by atoms with van der Waals surface area (Å²) >= 11 is 0. The van der Waals surface area contributed by atoms with Gasteiger partial charge in [0.05, 0.1) is 17.1 Å². The summed E-state index contributed by atoms with van der Waals surface area (Å²) in [6.07, 6.45) is 2.79. The number of fused-ring (bicyclic) bond motifs is 1. The summed E-state index contributed by atoms with van der Waals surface area (Å²) in [7, 11) is -3.46. The van der Waals surface area contributed by atoms with Crippen LogP contribution in [0.4, 0.5) is 0 Å². The topological polar surface area (TPSA) is 72.6 Å². The van der Waals surface area contributed by atoms with Crippen LogP contribution in [0, 0.1) is 0 Å². The van der Waals surface area contributed by atoms with Gasteiger partial charge in [-0.15, -0.1) is 0 Å². The molecule has 0 saturated carbocycles. The third-order valence-electron chi connectivity index (χ3n) is 4.26. The second-order valence-corrected chi connectivity index (χ2v) is 7.85. The molecule has 1 aromatic rings. The maximum Gasteiger partial charge on any atom is 0.243 e. The van der Waals surface area contributed by atoms with Gasteiger partial charge in [0.1, 0.15) is 0 Å². The fraction of sp³-hybridized carbons (Fsp3) is 0.600. The summed E-state index contributed by atoms with van der Waals surface area (Å²) in [6, 6.07) is 5.53. The van der Waals surface area contributed by atoms with Crippen molar-refractivity contribution in [1.29, 1.82) is 0 Å². The van der Waals surface area contributed by atoms with Crippen molar-refractivity contribution in [1.82, 2.24) is 4.31 Å². The van der Waals surface area contributed by atoms with Crippen molar-refractivity contribution in [2.75, 3.05) is 19.6 Å². The van der Waals surface area contributed by atoms with Crippen LogP contribution >= 0.6 is 0 Å². The van der Waals surface area contributed by atoms with E-state index in [1.807, 2.05) is 19.1 Å². The molecule has 0 amide bonds. The van der Waals surface area contributed by atoms with E-state index >= 15 is 0 Å². The van der Waals surface area contributed by atoms with Gasteiger partial charge in [0.25, 0.3) is 0 Å². The highest BCUT2D eigenvalue weighted by Gasteiger charge is 2.33. The smallest absolute Gasteiger partial charge is 0.243 e. The van der Waals surface area contributed by atoms with E-state index in [-0.39, 0.29) is 12.2 Å². The van der Waals surface area contributed by atoms with Crippen molar-refractivity contribution in [3.63, 3.8) is 0 Å². The Morgan fingerprint density at radius 3 is 2.81 bits per heavy atom. The molecule has 6 heteroatoms. The van der Waals surface area contributed by atoms with Gasteiger partial charge in [-0.2, -0.15) is 4.31 Å². The molecule has 2 N–H and O–H groups in total. The minimum absolute atomic E-state index is 0.128. The normalized spacial score (nSPS) is 26.8. The molecule has 1 fully saturated rings. The van der Waals surface area contributed by atoms with E-state index < -0.39 is 10.0 Å². The Labute approximate surface area is 126 Å². The molecule has 0 radical (unpaired) electrons. The molecule has 2 aliphatic rings. The molecule has 1 aliphatic heterocycles. The molecule has 5 nitrogen and oxygen atoms in total. The molecule has 116 valence electrons. The molecule has 1 aromatic carbocycles. The standard InChI is InChI=1S/C15H22N2O3S/c1-11-9-17(10-14(8-16)20-11)21(18,19)15-6-5-12-3-2-4-13(12)7-15/h5-7,11,14H,2-4,8-10,16H2,1H3. The van der Waals surface area contributed by atoms with Crippen molar-refractivity contribution < 1.29 is 13.2 Å². The molecule has 1 heterocycles. The maximum absolute atomic E-state index is 12.8. The lowest BCUT2D eigenvalue weighted by Gasteiger charge is -2.35. The van der Waals surface area contributed by atoms with Crippen LogP contribution in [0.1, 0.15) is 24.5 Å². The zero-order valence-corrected chi connectivity index (χ0v) is 13.1. The van der Waals surface area contributed by atoms with E-state index in [0.29, 0.717) is 24.5 Å². The first-order valence-corrected chi connectivity index (χ1v) is 8.92. The van der Waals surface area contributed by atoms with Gasteiger partial charge in [0.15, 0.2) is 0 Å². The largest absolute Gasteiger partial charge is 0.371 e. The van der Waals surface area contributed by atoms with E-state index in [1.165, 1.54) is 15.4 Å². The van der Waals surface area contributed by atoms with Gasteiger partial charge in [-0.3, -0.25) is 0 Å². The van der Waals surface area contributed by atoms with Gasteiger partial charge >= 0.3 is 0 Å². The predicted molar refractivity (Wildman–Crippen MR) is 80.6 cm³/mol. The quantitative estimate of drug-likeness (QED) is 0.901. The Bertz CT molecular complexity index is 630. The van der Waals surface area contributed by atoms with Crippen molar-refractivity contribution in [2.24, 2.45) is 5.73 Å². The average Bonchev–Trinajstić information content (AvgIpc) is 2.93. The minimum atomic E-state index is -3.46. The molecule has 21 heavy (non-hydrogen) atoms. The number of hydrogen-bond acceptors (Lipinski definition) is 4. The van der Waals surface area contributed by atoms with Crippen molar-refractivity contribution >= 4 is 10.0 Å². The van der Waals surface area contributed by atoms with Crippen LogP contribution in [0.25, 0.3) is 0 Å². The first-order chi connectivity index (χ1) is 10.0. The van der Waals surface area contributed by atoms with E-state index in [2.05, 4.69) is 0 Å².